The molecule has 1 aliphatic rings. The van der Waals surface area contributed by atoms with Crippen molar-refractivity contribution in [2.75, 3.05) is 20.3 Å². The number of rotatable bonds is 6. The highest BCUT2D eigenvalue weighted by atomic mass is 32.9. The van der Waals surface area contributed by atoms with Crippen molar-refractivity contribution in [2.45, 2.75) is 73.5 Å². The van der Waals surface area contributed by atoms with E-state index in [9.17, 15) is 9.59 Å². The first-order valence-electron chi connectivity index (χ1n) is 9.18. The second-order valence-electron chi connectivity index (χ2n) is 6.80. The Balaban J connectivity index is 0. The van der Waals surface area contributed by atoms with Gasteiger partial charge in [-0.15, -0.1) is 0 Å². The van der Waals surface area contributed by atoms with E-state index in [-0.39, 0.29) is 23.5 Å². The number of ketones is 1. The molecule has 0 N–H and O–H groups in total. The van der Waals surface area contributed by atoms with E-state index in [0.717, 1.165) is 0 Å². The number of esters is 1. The quantitative estimate of drug-likeness (QED) is 0.402. The molecule has 0 aromatic rings. The maximum atomic E-state index is 12.3. The fraction of sp³-hybridized carbons (Fsp3) is 0.889. The number of hydrogen-bond donors (Lipinski definition) is 0. The highest BCUT2D eigenvalue weighted by Gasteiger charge is 2.38. The summed E-state index contributed by atoms with van der Waals surface area (Å²) in [6.07, 6.45) is 1.24. The molecule has 1 saturated heterocycles. The van der Waals surface area contributed by atoms with Crippen molar-refractivity contribution >= 4 is 40.6 Å². The molecule has 1 aliphatic heterocycles. The highest BCUT2D eigenvalue weighted by molar-refractivity contribution is 8.68. The Labute approximate surface area is 169 Å². The molecule has 0 bridgehead atoms. The van der Waals surface area contributed by atoms with Crippen LogP contribution in [0, 0.1) is 11.3 Å². The van der Waals surface area contributed by atoms with Gasteiger partial charge in [0.15, 0.2) is 0 Å². The highest BCUT2D eigenvalue weighted by Crippen LogP contribution is 2.66. The molecule has 1 unspecified atom stereocenters. The van der Waals surface area contributed by atoms with E-state index in [1.807, 2.05) is 27.7 Å². The van der Waals surface area contributed by atoms with Crippen LogP contribution in [0.15, 0.2) is 0 Å². The van der Waals surface area contributed by atoms with Crippen LogP contribution in [0.4, 0.5) is 0 Å². The summed E-state index contributed by atoms with van der Waals surface area (Å²) in [6, 6.07) is 0. The van der Waals surface area contributed by atoms with Gasteiger partial charge in [-0.1, -0.05) is 73.2 Å². The van der Waals surface area contributed by atoms with Crippen molar-refractivity contribution in [3.05, 3.63) is 0 Å². The van der Waals surface area contributed by atoms with Gasteiger partial charge in [-0.05, 0) is 11.8 Å². The third-order valence-corrected chi connectivity index (χ3v) is 8.33. The Hall–Kier alpha value is 0.0600. The van der Waals surface area contributed by atoms with Crippen molar-refractivity contribution < 1.29 is 23.4 Å². The van der Waals surface area contributed by atoms with Crippen LogP contribution in [0.3, 0.4) is 0 Å². The fourth-order valence-electron chi connectivity index (χ4n) is 1.60. The van der Waals surface area contributed by atoms with E-state index >= 15 is 0 Å². The number of carbonyl (C=O) groups excluding carboxylic acids is 2. The summed E-state index contributed by atoms with van der Waals surface area (Å²) in [6.45, 7) is 16.9. The van der Waals surface area contributed by atoms with Crippen LogP contribution < -0.4 is 0 Å². The molecular formula is C18H37O5PS2. The molecule has 0 aromatic heterocycles. The first-order valence-corrected chi connectivity index (χ1v) is 13.3. The Morgan fingerprint density at radius 3 is 1.96 bits per heavy atom. The van der Waals surface area contributed by atoms with Crippen LogP contribution in [0.1, 0.15) is 68.2 Å². The lowest BCUT2D eigenvalue weighted by Gasteiger charge is -2.37. The molecule has 0 aliphatic carbocycles. The van der Waals surface area contributed by atoms with E-state index in [0.29, 0.717) is 13.2 Å². The Morgan fingerprint density at radius 1 is 1.19 bits per heavy atom. The van der Waals surface area contributed by atoms with Gasteiger partial charge in [0.05, 0.1) is 32.0 Å². The molecule has 1 fully saturated rings. The summed E-state index contributed by atoms with van der Waals surface area (Å²) in [5.74, 6) is -0.651. The Kier molecular flexibility index (Phi) is 15.3. The maximum Gasteiger partial charge on any atom is 0.307 e. The molecule has 0 radical (unpaired) electrons. The zero-order valence-corrected chi connectivity index (χ0v) is 20.3. The average molecular weight is 429 g/mol. The minimum Gasteiger partial charge on any atom is -0.469 e. The van der Waals surface area contributed by atoms with Gasteiger partial charge < -0.3 is 13.8 Å². The molecule has 0 aromatic carbocycles. The molecule has 0 amide bonds. The zero-order valence-electron chi connectivity index (χ0n) is 17.8. The number of carbonyl (C=O) groups is 2. The lowest BCUT2D eigenvalue weighted by Crippen LogP contribution is -2.30. The van der Waals surface area contributed by atoms with E-state index in [1.165, 1.54) is 24.9 Å². The molecule has 0 spiro atoms. The fourth-order valence-corrected chi connectivity index (χ4v) is 7.11. The zero-order chi connectivity index (χ0) is 21.0. The van der Waals surface area contributed by atoms with Gasteiger partial charge >= 0.3 is 5.97 Å². The number of Topliss-reactive ketones (excluding diaryl/α,β-unsaturated/α-hetero) is 1. The Bertz CT molecular complexity index is 452. The van der Waals surface area contributed by atoms with Crippen molar-refractivity contribution in [1.82, 2.24) is 0 Å². The molecule has 5 nitrogen and oxygen atoms in total. The topological polar surface area (TPSA) is 61.8 Å². The molecule has 156 valence electrons. The van der Waals surface area contributed by atoms with Crippen LogP contribution in [0.25, 0.3) is 0 Å². The predicted octanol–water partition coefficient (Wildman–Crippen LogP) is 5.62. The number of methoxy groups -OCH3 is 1. The molecular weight excluding hydrogens is 391 g/mol. The summed E-state index contributed by atoms with van der Waals surface area (Å²) in [4.78, 5) is 23.8. The van der Waals surface area contributed by atoms with E-state index in [4.69, 9.17) is 20.9 Å². The first-order chi connectivity index (χ1) is 12.0. The van der Waals surface area contributed by atoms with Gasteiger partial charge in [0.25, 0.3) is 0 Å². The average Bonchev–Trinajstić information content (AvgIpc) is 2.59. The maximum absolute atomic E-state index is 12.3. The van der Waals surface area contributed by atoms with E-state index in [2.05, 4.69) is 18.6 Å². The summed E-state index contributed by atoms with van der Waals surface area (Å²) >= 11 is 6.63. The molecule has 8 heteroatoms. The van der Waals surface area contributed by atoms with Crippen LogP contribution in [0.5, 0.6) is 0 Å². The lowest BCUT2D eigenvalue weighted by atomic mass is 9.97. The normalized spacial score (nSPS) is 18.5. The van der Waals surface area contributed by atoms with Crippen molar-refractivity contribution in [3.8, 4) is 0 Å². The summed E-state index contributed by atoms with van der Waals surface area (Å²) < 4.78 is 16.1. The van der Waals surface area contributed by atoms with Crippen molar-refractivity contribution in [1.29, 1.82) is 0 Å². The van der Waals surface area contributed by atoms with Gasteiger partial charge in [-0.25, -0.2) is 0 Å². The van der Waals surface area contributed by atoms with Crippen LogP contribution in [-0.4, -0.2) is 37.3 Å². The van der Waals surface area contributed by atoms with E-state index in [1.54, 1.807) is 13.8 Å². The van der Waals surface area contributed by atoms with Crippen molar-refractivity contribution in [3.63, 3.8) is 0 Å². The second-order valence-corrected chi connectivity index (χ2v) is 13.2. The molecule has 26 heavy (non-hydrogen) atoms. The van der Waals surface area contributed by atoms with Crippen LogP contribution in [-0.2, 0) is 35.2 Å². The SMILES string of the molecule is CC.CCC.COC(=O)CC(SP1(=S)OCC(C)(C)CO1)C(=O)C(C)C. The molecule has 0 saturated carbocycles. The number of hydrogen-bond acceptors (Lipinski definition) is 7. The molecule has 1 atom stereocenters. The third kappa shape index (κ3) is 11.7. The first kappa shape index (κ1) is 28.3. The third-order valence-electron chi connectivity index (χ3n) is 2.95. The predicted molar refractivity (Wildman–Crippen MR) is 115 cm³/mol. The largest absolute Gasteiger partial charge is 0.469 e. The van der Waals surface area contributed by atoms with Crippen LogP contribution >= 0.6 is 17.1 Å². The second kappa shape index (κ2) is 14.1. The minimum atomic E-state index is -2.59. The Morgan fingerprint density at radius 2 is 1.62 bits per heavy atom. The summed E-state index contributed by atoms with van der Waals surface area (Å²) in [5, 5.41) is -0.579. The van der Waals surface area contributed by atoms with Crippen LogP contribution in [0.2, 0.25) is 0 Å². The molecule has 1 heterocycles. The molecule has 1 rings (SSSR count). The van der Waals surface area contributed by atoms with Gasteiger partial charge in [-0.2, -0.15) is 0 Å². The van der Waals surface area contributed by atoms with Gasteiger partial charge in [0.1, 0.15) is 5.78 Å². The van der Waals surface area contributed by atoms with Crippen molar-refractivity contribution in [2.24, 2.45) is 11.3 Å². The van der Waals surface area contributed by atoms with Gasteiger partial charge in [0, 0.05) is 11.3 Å². The van der Waals surface area contributed by atoms with E-state index < -0.39 is 16.9 Å². The van der Waals surface area contributed by atoms with Gasteiger partial charge in [-0.3, -0.25) is 9.59 Å². The minimum absolute atomic E-state index is 0.00726. The summed E-state index contributed by atoms with van der Waals surface area (Å²) in [7, 11) is 1.30. The standard InChI is InChI=1S/C13H23O5PS2.C3H8.C2H6/c1-9(2)12(15)10(6-11(14)16-5)21-19(20)17-7-13(3,4)8-18-19;1-3-2;1-2/h9-10H,6-8H2,1-5H3;3H2,1-2H3;1-2H3. The number of ether oxygens (including phenoxy) is 1. The summed E-state index contributed by atoms with van der Waals surface area (Å²) in [5.41, 5.74) is -2.67. The smallest absolute Gasteiger partial charge is 0.307 e. The van der Waals surface area contributed by atoms with Gasteiger partial charge in [0.2, 0.25) is 5.69 Å². The monoisotopic (exact) mass is 428 g/mol. The lowest BCUT2D eigenvalue weighted by molar-refractivity contribution is -0.141.